The van der Waals surface area contributed by atoms with Crippen LogP contribution in [0.25, 0.3) is 0 Å². The molecule has 0 saturated carbocycles. The molecule has 0 aromatic heterocycles. The second-order valence-electron chi connectivity index (χ2n) is 5.43. The maximum absolute atomic E-state index is 12.8. The zero-order valence-electron chi connectivity index (χ0n) is 11.4. The number of benzene rings is 1. The summed E-state index contributed by atoms with van der Waals surface area (Å²) in [4.78, 5) is 15.1. The van der Waals surface area contributed by atoms with E-state index in [1.807, 2.05) is 43.0 Å². The molecule has 2 N–H and O–H groups in total. The molecule has 2 heterocycles. The van der Waals surface area contributed by atoms with E-state index >= 15 is 0 Å². The van der Waals surface area contributed by atoms with E-state index < -0.39 is 0 Å². The number of hydrogen-bond acceptors (Lipinski definition) is 2. The van der Waals surface area contributed by atoms with E-state index in [4.69, 9.17) is 0 Å². The number of hydrogen-bond donors (Lipinski definition) is 1. The van der Waals surface area contributed by atoms with Crippen molar-refractivity contribution in [3.8, 4) is 0 Å². The highest BCUT2D eigenvalue weighted by atomic mass is 32.2. The van der Waals surface area contributed by atoms with Gasteiger partial charge in [0.1, 0.15) is 0 Å². The largest absolute Gasteiger partial charge is 0.346 e. The number of piperidine rings is 1. The third-order valence-corrected chi connectivity index (χ3v) is 5.83. The van der Waals surface area contributed by atoms with E-state index in [0.29, 0.717) is 0 Å². The Morgan fingerprint density at radius 2 is 2.05 bits per heavy atom. The SMILES string of the molecule is Cc1ccccc1C(=O)N1CCSC12CC[NH2+]CC2. The molecule has 0 atom stereocenters. The van der Waals surface area contributed by atoms with Crippen LogP contribution in [-0.2, 0) is 0 Å². The Morgan fingerprint density at radius 3 is 2.79 bits per heavy atom. The van der Waals surface area contributed by atoms with Crippen LogP contribution in [0.4, 0.5) is 0 Å². The molecule has 2 fully saturated rings. The number of thioether (sulfide) groups is 1. The first kappa shape index (κ1) is 13.0. The van der Waals surface area contributed by atoms with Crippen LogP contribution < -0.4 is 5.32 Å². The highest BCUT2D eigenvalue weighted by Gasteiger charge is 2.46. The molecule has 102 valence electrons. The third-order valence-electron chi connectivity index (χ3n) is 4.28. The standard InChI is InChI=1S/C15H20N2OS/c1-12-4-2-3-5-13(12)14(18)17-10-11-19-15(17)6-8-16-9-7-15/h2-5,16H,6-11H2,1H3/p+1. The summed E-state index contributed by atoms with van der Waals surface area (Å²) in [6.45, 7) is 5.21. The fraction of sp³-hybridized carbons (Fsp3) is 0.533. The van der Waals surface area contributed by atoms with Gasteiger partial charge in [0.25, 0.3) is 5.91 Å². The van der Waals surface area contributed by atoms with Gasteiger partial charge in [-0.15, -0.1) is 11.8 Å². The van der Waals surface area contributed by atoms with Crippen LogP contribution in [0.5, 0.6) is 0 Å². The molecular weight excluding hydrogens is 256 g/mol. The van der Waals surface area contributed by atoms with Crippen LogP contribution in [0.2, 0.25) is 0 Å². The number of carbonyl (C=O) groups excluding carboxylic acids is 1. The Hall–Kier alpha value is -1.00. The first-order valence-corrected chi connectivity index (χ1v) is 8.05. The Balaban J connectivity index is 1.88. The zero-order chi connectivity index (χ0) is 13.3. The summed E-state index contributed by atoms with van der Waals surface area (Å²) < 4.78 is 0. The molecule has 1 amide bonds. The average molecular weight is 277 g/mol. The van der Waals surface area contributed by atoms with Crippen molar-refractivity contribution in [1.29, 1.82) is 0 Å². The molecule has 2 aliphatic heterocycles. The number of amides is 1. The summed E-state index contributed by atoms with van der Waals surface area (Å²) in [7, 11) is 0. The smallest absolute Gasteiger partial charge is 0.255 e. The van der Waals surface area contributed by atoms with Gasteiger partial charge in [-0.05, 0) is 18.6 Å². The minimum atomic E-state index is 0.0775. The van der Waals surface area contributed by atoms with Crippen molar-refractivity contribution in [1.82, 2.24) is 4.90 Å². The van der Waals surface area contributed by atoms with Crippen molar-refractivity contribution < 1.29 is 10.1 Å². The van der Waals surface area contributed by atoms with Gasteiger partial charge in [0.2, 0.25) is 0 Å². The van der Waals surface area contributed by atoms with Crippen molar-refractivity contribution in [3.63, 3.8) is 0 Å². The molecule has 2 saturated heterocycles. The van der Waals surface area contributed by atoms with Gasteiger partial charge in [0, 0.05) is 30.7 Å². The second-order valence-corrected chi connectivity index (χ2v) is 6.89. The predicted octanol–water partition coefficient (Wildman–Crippen LogP) is 1.24. The van der Waals surface area contributed by atoms with Crippen LogP contribution in [0.15, 0.2) is 24.3 Å². The highest BCUT2D eigenvalue weighted by molar-refractivity contribution is 8.00. The summed E-state index contributed by atoms with van der Waals surface area (Å²) >= 11 is 1.99. The number of nitrogens with two attached hydrogens (primary N) is 1. The lowest BCUT2D eigenvalue weighted by atomic mass is 10.0. The molecule has 0 aliphatic carbocycles. The molecular formula is C15H21N2OS+. The van der Waals surface area contributed by atoms with Gasteiger partial charge in [0.05, 0.1) is 18.0 Å². The molecule has 1 spiro atoms. The first-order valence-electron chi connectivity index (χ1n) is 7.06. The number of carbonyl (C=O) groups is 1. The lowest BCUT2D eigenvalue weighted by Gasteiger charge is -2.39. The minimum Gasteiger partial charge on any atom is -0.346 e. The van der Waals surface area contributed by atoms with E-state index in [1.54, 1.807) is 0 Å². The lowest BCUT2D eigenvalue weighted by molar-refractivity contribution is -0.664. The van der Waals surface area contributed by atoms with Crippen LogP contribution >= 0.6 is 11.8 Å². The van der Waals surface area contributed by atoms with Gasteiger partial charge in [0.15, 0.2) is 0 Å². The van der Waals surface area contributed by atoms with E-state index in [-0.39, 0.29) is 10.8 Å². The third kappa shape index (κ3) is 2.28. The van der Waals surface area contributed by atoms with E-state index in [9.17, 15) is 4.79 Å². The highest BCUT2D eigenvalue weighted by Crippen LogP contribution is 2.42. The average Bonchev–Trinajstić information content (AvgIpc) is 2.82. The number of quaternary nitrogens is 1. The predicted molar refractivity (Wildman–Crippen MR) is 78.3 cm³/mol. The van der Waals surface area contributed by atoms with Gasteiger partial charge in [-0.2, -0.15) is 0 Å². The first-order chi connectivity index (χ1) is 9.23. The molecule has 0 unspecified atom stereocenters. The summed E-state index contributed by atoms with van der Waals surface area (Å²) in [5.74, 6) is 1.31. The molecule has 3 rings (SSSR count). The van der Waals surface area contributed by atoms with E-state index in [0.717, 1.165) is 49.4 Å². The van der Waals surface area contributed by atoms with Crippen LogP contribution in [0, 0.1) is 6.92 Å². The van der Waals surface area contributed by atoms with Gasteiger partial charge in [-0.25, -0.2) is 0 Å². The maximum Gasteiger partial charge on any atom is 0.255 e. The number of rotatable bonds is 1. The second kappa shape index (κ2) is 5.17. The zero-order valence-corrected chi connectivity index (χ0v) is 12.2. The Labute approximate surface area is 118 Å². The molecule has 1 aromatic rings. The van der Waals surface area contributed by atoms with E-state index in [2.05, 4.69) is 10.2 Å². The molecule has 4 heteroatoms. The molecule has 0 bridgehead atoms. The Morgan fingerprint density at radius 1 is 1.32 bits per heavy atom. The monoisotopic (exact) mass is 277 g/mol. The minimum absolute atomic E-state index is 0.0775. The molecule has 1 aromatic carbocycles. The Bertz CT molecular complexity index is 483. The summed E-state index contributed by atoms with van der Waals surface area (Å²) in [6, 6.07) is 7.95. The maximum atomic E-state index is 12.8. The quantitative estimate of drug-likeness (QED) is 0.838. The van der Waals surface area contributed by atoms with Crippen LogP contribution in [0.1, 0.15) is 28.8 Å². The summed E-state index contributed by atoms with van der Waals surface area (Å²) in [5.41, 5.74) is 1.96. The van der Waals surface area contributed by atoms with Gasteiger partial charge < -0.3 is 10.2 Å². The molecule has 3 nitrogen and oxygen atoms in total. The number of nitrogens with zero attached hydrogens (tertiary/aromatic N) is 1. The summed E-state index contributed by atoms with van der Waals surface area (Å²) in [5, 5.41) is 2.36. The van der Waals surface area contributed by atoms with Crippen molar-refractivity contribution in [2.75, 3.05) is 25.4 Å². The van der Waals surface area contributed by atoms with Crippen molar-refractivity contribution in [2.24, 2.45) is 0 Å². The molecule has 2 aliphatic rings. The Kier molecular flexibility index (Phi) is 3.54. The van der Waals surface area contributed by atoms with Crippen molar-refractivity contribution in [3.05, 3.63) is 35.4 Å². The molecule has 19 heavy (non-hydrogen) atoms. The van der Waals surface area contributed by atoms with Crippen LogP contribution in [-0.4, -0.2) is 41.1 Å². The van der Waals surface area contributed by atoms with Crippen molar-refractivity contribution in [2.45, 2.75) is 24.6 Å². The van der Waals surface area contributed by atoms with Gasteiger partial charge in [-0.1, -0.05) is 18.2 Å². The van der Waals surface area contributed by atoms with Gasteiger partial charge in [-0.3, -0.25) is 4.79 Å². The molecule has 0 radical (unpaired) electrons. The number of aryl methyl sites for hydroxylation is 1. The normalized spacial score (nSPS) is 21.8. The fourth-order valence-corrected chi connectivity index (χ4v) is 4.70. The van der Waals surface area contributed by atoms with E-state index in [1.165, 1.54) is 0 Å². The topological polar surface area (TPSA) is 36.9 Å². The van der Waals surface area contributed by atoms with Gasteiger partial charge >= 0.3 is 0 Å². The summed E-state index contributed by atoms with van der Waals surface area (Å²) in [6.07, 6.45) is 2.24. The lowest BCUT2D eigenvalue weighted by Crippen LogP contribution is -2.88. The fourth-order valence-electron chi connectivity index (χ4n) is 3.19. The van der Waals surface area contributed by atoms with Crippen molar-refractivity contribution >= 4 is 17.7 Å². The van der Waals surface area contributed by atoms with Crippen LogP contribution in [0.3, 0.4) is 0 Å².